The predicted molar refractivity (Wildman–Crippen MR) is 138 cm³/mol. The lowest BCUT2D eigenvalue weighted by Crippen LogP contribution is -2.25. The van der Waals surface area contributed by atoms with Gasteiger partial charge in [-0.3, -0.25) is 14.7 Å². The largest absolute Gasteiger partial charge is 0.348 e. The zero-order valence-corrected chi connectivity index (χ0v) is 21.5. The van der Waals surface area contributed by atoms with Gasteiger partial charge in [0.2, 0.25) is 0 Å². The van der Waals surface area contributed by atoms with E-state index in [-0.39, 0.29) is 22.6 Å². The van der Waals surface area contributed by atoms with Crippen molar-refractivity contribution in [2.75, 3.05) is 5.75 Å². The molecule has 1 aliphatic heterocycles. The minimum Gasteiger partial charge on any atom is -0.348 e. The van der Waals surface area contributed by atoms with E-state index in [1.54, 1.807) is 37.4 Å². The SMILES string of the molecule is CCS(=O)(=O)c1ccc(CNC(=O)c2cnc3c(c2)CN(Cc2ccc(C#N)cc2)C3C(C)C)cc1. The zero-order valence-electron chi connectivity index (χ0n) is 20.7. The maximum atomic E-state index is 12.9. The quantitative estimate of drug-likeness (QED) is 0.490. The van der Waals surface area contributed by atoms with Crippen molar-refractivity contribution in [3.63, 3.8) is 0 Å². The Morgan fingerprint density at radius 3 is 2.42 bits per heavy atom. The number of carbonyl (C=O) groups is 1. The number of nitrogens with one attached hydrogen (secondary N) is 1. The Morgan fingerprint density at radius 2 is 1.81 bits per heavy atom. The highest BCUT2D eigenvalue weighted by atomic mass is 32.2. The van der Waals surface area contributed by atoms with Crippen molar-refractivity contribution in [2.24, 2.45) is 5.92 Å². The van der Waals surface area contributed by atoms with E-state index < -0.39 is 9.84 Å². The minimum absolute atomic E-state index is 0.0526. The summed E-state index contributed by atoms with van der Waals surface area (Å²) in [5.74, 6) is 0.176. The molecule has 0 saturated carbocycles. The highest BCUT2D eigenvalue weighted by Crippen LogP contribution is 2.38. The molecule has 0 saturated heterocycles. The number of carbonyl (C=O) groups excluding carboxylic acids is 1. The van der Waals surface area contributed by atoms with Crippen LogP contribution >= 0.6 is 0 Å². The molecule has 0 radical (unpaired) electrons. The number of hydrogen-bond donors (Lipinski definition) is 1. The Morgan fingerprint density at radius 1 is 1.14 bits per heavy atom. The summed E-state index contributed by atoms with van der Waals surface area (Å²) in [7, 11) is -3.25. The van der Waals surface area contributed by atoms with Crippen LogP contribution in [-0.4, -0.2) is 30.0 Å². The van der Waals surface area contributed by atoms with Gasteiger partial charge in [0, 0.05) is 25.8 Å². The lowest BCUT2D eigenvalue weighted by atomic mass is 9.99. The summed E-state index contributed by atoms with van der Waals surface area (Å²) >= 11 is 0. The molecule has 0 spiro atoms. The van der Waals surface area contributed by atoms with Crippen LogP contribution in [0.25, 0.3) is 0 Å². The van der Waals surface area contributed by atoms with Gasteiger partial charge in [-0.2, -0.15) is 5.26 Å². The predicted octanol–water partition coefficient (Wildman–Crippen LogP) is 4.39. The van der Waals surface area contributed by atoms with Gasteiger partial charge >= 0.3 is 0 Å². The summed E-state index contributed by atoms with van der Waals surface area (Å²) in [6.45, 7) is 7.68. The van der Waals surface area contributed by atoms with E-state index in [0.29, 0.717) is 30.1 Å². The summed E-state index contributed by atoms with van der Waals surface area (Å²) in [4.78, 5) is 20.2. The number of amides is 1. The van der Waals surface area contributed by atoms with E-state index in [1.807, 2.05) is 30.3 Å². The summed E-state index contributed by atoms with van der Waals surface area (Å²) in [6, 6.07) is 18.4. The van der Waals surface area contributed by atoms with Gasteiger partial charge < -0.3 is 5.32 Å². The second-order valence-corrected chi connectivity index (χ2v) is 11.7. The number of aromatic nitrogens is 1. The third-order valence-electron chi connectivity index (χ3n) is 6.53. The first-order chi connectivity index (χ1) is 17.2. The number of rotatable bonds is 8. The molecule has 1 N–H and O–H groups in total. The van der Waals surface area contributed by atoms with Crippen LogP contribution in [0.4, 0.5) is 0 Å². The summed E-state index contributed by atoms with van der Waals surface area (Å²) < 4.78 is 24.0. The normalized spacial score (nSPS) is 15.5. The van der Waals surface area contributed by atoms with Crippen LogP contribution in [0.3, 0.4) is 0 Å². The van der Waals surface area contributed by atoms with Gasteiger partial charge in [0.25, 0.3) is 5.91 Å². The molecule has 1 unspecified atom stereocenters. The van der Waals surface area contributed by atoms with E-state index in [1.165, 1.54) is 0 Å². The van der Waals surface area contributed by atoms with Crippen LogP contribution in [0.15, 0.2) is 65.7 Å². The molecular formula is C28H30N4O3S. The van der Waals surface area contributed by atoms with Crippen LogP contribution in [0.1, 0.15) is 65.1 Å². The number of benzene rings is 2. The van der Waals surface area contributed by atoms with Crippen molar-refractivity contribution in [1.29, 1.82) is 5.26 Å². The van der Waals surface area contributed by atoms with Crippen LogP contribution in [0.2, 0.25) is 0 Å². The highest BCUT2D eigenvalue weighted by Gasteiger charge is 2.34. The highest BCUT2D eigenvalue weighted by molar-refractivity contribution is 7.91. The van der Waals surface area contributed by atoms with E-state index >= 15 is 0 Å². The van der Waals surface area contributed by atoms with Gasteiger partial charge in [0.15, 0.2) is 9.84 Å². The maximum Gasteiger partial charge on any atom is 0.253 e. The fraction of sp³-hybridized carbons (Fsp3) is 0.321. The Kier molecular flexibility index (Phi) is 7.53. The Labute approximate surface area is 212 Å². The van der Waals surface area contributed by atoms with Crippen LogP contribution in [0, 0.1) is 17.2 Å². The number of pyridine rings is 1. The monoisotopic (exact) mass is 502 g/mol. The molecule has 2 heterocycles. The van der Waals surface area contributed by atoms with Crippen molar-refractivity contribution >= 4 is 15.7 Å². The molecule has 0 aliphatic carbocycles. The van der Waals surface area contributed by atoms with Gasteiger partial charge in [-0.1, -0.05) is 45.0 Å². The third-order valence-corrected chi connectivity index (χ3v) is 8.28. The summed E-state index contributed by atoms with van der Waals surface area (Å²) in [5, 5.41) is 12.0. The van der Waals surface area contributed by atoms with Gasteiger partial charge in [-0.05, 0) is 52.9 Å². The second-order valence-electron chi connectivity index (χ2n) is 9.40. The molecular weight excluding hydrogens is 472 g/mol. The Balaban J connectivity index is 1.45. The number of fused-ring (bicyclic) bond motifs is 1. The van der Waals surface area contributed by atoms with Gasteiger partial charge in [-0.15, -0.1) is 0 Å². The van der Waals surface area contributed by atoms with E-state index in [4.69, 9.17) is 10.2 Å². The first-order valence-electron chi connectivity index (χ1n) is 12.0. The molecule has 2 aromatic carbocycles. The molecule has 1 aromatic heterocycles. The molecule has 36 heavy (non-hydrogen) atoms. The van der Waals surface area contributed by atoms with Crippen molar-refractivity contribution < 1.29 is 13.2 Å². The number of nitrogens with zero attached hydrogens (tertiary/aromatic N) is 3. The average Bonchev–Trinajstić information content (AvgIpc) is 3.25. The molecule has 1 aliphatic rings. The molecule has 3 aromatic rings. The molecule has 7 nitrogen and oxygen atoms in total. The maximum absolute atomic E-state index is 12.9. The van der Waals surface area contributed by atoms with Gasteiger partial charge in [0.05, 0.1) is 39.6 Å². The molecule has 0 fully saturated rings. The molecule has 1 atom stereocenters. The number of hydrogen-bond acceptors (Lipinski definition) is 6. The topological polar surface area (TPSA) is 103 Å². The van der Waals surface area contributed by atoms with Crippen LogP contribution < -0.4 is 5.32 Å². The number of nitriles is 1. The molecule has 4 rings (SSSR count). The second kappa shape index (κ2) is 10.6. The summed E-state index contributed by atoms with van der Waals surface area (Å²) in [6.07, 6.45) is 1.63. The zero-order chi connectivity index (χ0) is 25.9. The molecule has 186 valence electrons. The van der Waals surface area contributed by atoms with Crippen molar-refractivity contribution in [3.8, 4) is 6.07 Å². The fourth-order valence-corrected chi connectivity index (χ4v) is 5.49. The summed E-state index contributed by atoms with van der Waals surface area (Å²) in [5.41, 5.74) is 5.14. The van der Waals surface area contributed by atoms with E-state index in [9.17, 15) is 13.2 Å². The minimum atomic E-state index is -3.25. The third kappa shape index (κ3) is 5.48. The smallest absolute Gasteiger partial charge is 0.253 e. The number of sulfone groups is 1. The molecule has 0 bridgehead atoms. The van der Waals surface area contributed by atoms with Crippen LogP contribution in [-0.2, 0) is 29.5 Å². The van der Waals surface area contributed by atoms with E-state index in [0.717, 1.165) is 28.9 Å². The van der Waals surface area contributed by atoms with Gasteiger partial charge in [0.1, 0.15) is 0 Å². The average molecular weight is 503 g/mol. The van der Waals surface area contributed by atoms with E-state index in [2.05, 4.69) is 30.1 Å². The van der Waals surface area contributed by atoms with Crippen molar-refractivity contribution in [2.45, 2.75) is 51.3 Å². The van der Waals surface area contributed by atoms with Gasteiger partial charge in [-0.25, -0.2) is 8.42 Å². The van der Waals surface area contributed by atoms with Crippen LogP contribution in [0.5, 0.6) is 0 Å². The first kappa shape index (κ1) is 25.5. The lowest BCUT2D eigenvalue weighted by Gasteiger charge is -2.27. The molecule has 1 amide bonds. The Hall–Kier alpha value is -3.54. The van der Waals surface area contributed by atoms with Crippen molar-refractivity contribution in [1.82, 2.24) is 15.2 Å². The molecule has 8 heteroatoms. The standard InChI is InChI=1S/C28H30N4O3S/c1-4-36(34,35)25-11-9-21(10-12-25)15-31-28(33)23-13-24-18-32(27(19(2)3)26(24)30-16-23)17-22-7-5-20(14-29)6-8-22/h5-13,16,19,27H,4,15,17-18H2,1-3H3,(H,31,33). The Bertz CT molecular complexity index is 1390. The fourth-order valence-electron chi connectivity index (χ4n) is 4.60. The lowest BCUT2D eigenvalue weighted by molar-refractivity contribution is 0.0950. The first-order valence-corrected chi connectivity index (χ1v) is 13.7. The van der Waals surface area contributed by atoms with Crippen molar-refractivity contribution in [3.05, 3.63) is 94.3 Å².